The van der Waals surface area contributed by atoms with Gasteiger partial charge in [-0.1, -0.05) is 24.4 Å². The first kappa shape index (κ1) is 18.6. The van der Waals surface area contributed by atoms with Gasteiger partial charge in [-0.05, 0) is 25.0 Å². The minimum atomic E-state index is -3.73. The summed E-state index contributed by atoms with van der Waals surface area (Å²) >= 11 is 6.35. The van der Waals surface area contributed by atoms with Crippen LogP contribution in [-0.2, 0) is 17.1 Å². The summed E-state index contributed by atoms with van der Waals surface area (Å²) in [6.07, 6.45) is 5.02. The van der Waals surface area contributed by atoms with Gasteiger partial charge in [0.05, 0.1) is 27.9 Å². The van der Waals surface area contributed by atoms with Crippen molar-refractivity contribution in [2.24, 2.45) is 7.05 Å². The number of halogens is 1. The van der Waals surface area contributed by atoms with E-state index < -0.39 is 10.0 Å². The van der Waals surface area contributed by atoms with Gasteiger partial charge < -0.3 is 9.47 Å². The van der Waals surface area contributed by atoms with Crippen molar-refractivity contribution in [3.05, 3.63) is 35.1 Å². The van der Waals surface area contributed by atoms with Gasteiger partial charge in [0.2, 0.25) is 10.0 Å². The number of aromatic nitrogens is 2. The van der Waals surface area contributed by atoms with Crippen molar-refractivity contribution in [3.63, 3.8) is 0 Å². The lowest BCUT2D eigenvalue weighted by Gasteiger charge is -2.30. The Morgan fingerprint density at radius 2 is 1.93 bits per heavy atom. The second-order valence-corrected chi connectivity index (χ2v) is 9.09. The predicted molar refractivity (Wildman–Crippen MR) is 101 cm³/mol. The van der Waals surface area contributed by atoms with Crippen molar-refractivity contribution in [3.8, 4) is 11.5 Å². The van der Waals surface area contributed by atoms with Crippen LogP contribution in [0.1, 0.15) is 37.4 Å². The normalized spacial score (nSPS) is 21.0. The van der Waals surface area contributed by atoms with Gasteiger partial charge in [0.1, 0.15) is 13.2 Å². The van der Waals surface area contributed by atoms with Gasteiger partial charge in [0, 0.05) is 19.7 Å². The molecule has 0 aliphatic carbocycles. The largest absolute Gasteiger partial charge is 0.486 e. The van der Waals surface area contributed by atoms with Crippen LogP contribution in [0.15, 0.2) is 29.3 Å². The van der Waals surface area contributed by atoms with Gasteiger partial charge in [-0.15, -0.1) is 0 Å². The van der Waals surface area contributed by atoms with E-state index in [9.17, 15) is 8.42 Å². The first-order valence-corrected chi connectivity index (χ1v) is 10.9. The average molecular weight is 412 g/mol. The van der Waals surface area contributed by atoms with Crippen molar-refractivity contribution < 1.29 is 17.9 Å². The Bertz CT molecular complexity index is 925. The number of benzene rings is 1. The van der Waals surface area contributed by atoms with Crippen LogP contribution in [0.4, 0.5) is 0 Å². The Kier molecular flexibility index (Phi) is 5.05. The first-order valence-electron chi connectivity index (χ1n) is 9.07. The van der Waals surface area contributed by atoms with Gasteiger partial charge in [-0.3, -0.25) is 4.68 Å². The lowest BCUT2D eigenvalue weighted by Crippen LogP contribution is -2.36. The molecule has 0 amide bonds. The molecule has 0 unspecified atom stereocenters. The molecule has 0 bridgehead atoms. The van der Waals surface area contributed by atoms with Gasteiger partial charge >= 0.3 is 0 Å². The third kappa shape index (κ3) is 3.41. The predicted octanol–water partition coefficient (Wildman–Crippen LogP) is 3.15. The van der Waals surface area contributed by atoms with E-state index in [1.807, 2.05) is 0 Å². The number of sulfonamides is 1. The zero-order chi connectivity index (χ0) is 19.0. The molecule has 146 valence electrons. The number of nitrogens with zero attached hydrogens (tertiary/aromatic N) is 3. The van der Waals surface area contributed by atoms with Crippen LogP contribution in [0.2, 0.25) is 5.02 Å². The SMILES string of the molecule is Cn1ncc(Cl)c1[C@H]1CCCCCN1S(=O)(=O)c1ccc2c(c1)OCCO2. The van der Waals surface area contributed by atoms with Crippen LogP contribution in [0.3, 0.4) is 0 Å². The molecular formula is C18H22ClN3O4S. The molecule has 4 rings (SSSR count). The number of fused-ring (bicyclic) bond motifs is 1. The summed E-state index contributed by atoms with van der Waals surface area (Å²) in [7, 11) is -1.94. The van der Waals surface area contributed by atoms with Crippen molar-refractivity contribution >= 4 is 21.6 Å². The highest BCUT2D eigenvalue weighted by Crippen LogP contribution is 2.39. The Morgan fingerprint density at radius 1 is 1.15 bits per heavy atom. The van der Waals surface area contributed by atoms with E-state index in [-0.39, 0.29) is 10.9 Å². The van der Waals surface area contributed by atoms with Crippen LogP contribution in [0.25, 0.3) is 0 Å². The van der Waals surface area contributed by atoms with Crippen LogP contribution in [0, 0.1) is 0 Å². The molecule has 1 aromatic carbocycles. The number of ether oxygens (including phenoxy) is 2. The fourth-order valence-electron chi connectivity index (χ4n) is 3.76. The van der Waals surface area contributed by atoms with Crippen molar-refractivity contribution in [2.45, 2.75) is 36.6 Å². The fraction of sp³-hybridized carbons (Fsp3) is 0.500. The van der Waals surface area contributed by atoms with E-state index in [4.69, 9.17) is 21.1 Å². The molecule has 3 heterocycles. The van der Waals surface area contributed by atoms with E-state index in [2.05, 4.69) is 5.10 Å². The second kappa shape index (κ2) is 7.33. The molecule has 0 radical (unpaired) electrons. The van der Waals surface area contributed by atoms with Gasteiger partial charge in [0.15, 0.2) is 11.5 Å². The Labute approximate surface area is 163 Å². The lowest BCUT2D eigenvalue weighted by molar-refractivity contribution is 0.171. The molecule has 2 aliphatic heterocycles. The number of hydrogen-bond donors (Lipinski definition) is 0. The maximum Gasteiger partial charge on any atom is 0.243 e. The first-order chi connectivity index (χ1) is 13.0. The highest BCUT2D eigenvalue weighted by molar-refractivity contribution is 7.89. The molecule has 1 saturated heterocycles. The standard InChI is InChI=1S/C18H22ClN3O4S/c1-21-18(14(19)12-20-21)15-5-3-2-4-8-22(15)27(23,24)13-6-7-16-17(11-13)26-10-9-25-16/h6-7,11-12,15H,2-5,8-10H2,1H3/t15-/m1/s1. The van der Waals surface area contributed by atoms with E-state index in [1.54, 1.807) is 40.4 Å². The molecule has 2 aromatic rings. The second-order valence-electron chi connectivity index (χ2n) is 6.79. The summed E-state index contributed by atoms with van der Waals surface area (Å²) in [6, 6.07) is 4.45. The maximum absolute atomic E-state index is 13.5. The Balaban J connectivity index is 1.75. The lowest BCUT2D eigenvalue weighted by atomic mass is 10.1. The van der Waals surface area contributed by atoms with E-state index >= 15 is 0 Å². The number of rotatable bonds is 3. The van der Waals surface area contributed by atoms with Gasteiger partial charge in [0.25, 0.3) is 0 Å². The van der Waals surface area contributed by atoms with Crippen molar-refractivity contribution in [1.82, 2.24) is 14.1 Å². The Hall–Kier alpha value is -1.77. The summed E-state index contributed by atoms with van der Waals surface area (Å²) in [5, 5.41) is 4.69. The van der Waals surface area contributed by atoms with Crippen LogP contribution in [-0.4, -0.2) is 42.3 Å². The van der Waals surface area contributed by atoms with E-state index in [0.717, 1.165) is 25.0 Å². The van der Waals surface area contributed by atoms with E-state index in [0.29, 0.717) is 42.7 Å². The zero-order valence-corrected chi connectivity index (χ0v) is 16.7. The maximum atomic E-state index is 13.5. The zero-order valence-electron chi connectivity index (χ0n) is 15.1. The molecule has 0 saturated carbocycles. The fourth-order valence-corrected chi connectivity index (χ4v) is 5.73. The molecule has 9 heteroatoms. The van der Waals surface area contributed by atoms with E-state index in [1.165, 1.54) is 0 Å². The minimum absolute atomic E-state index is 0.206. The number of hydrogen-bond acceptors (Lipinski definition) is 5. The molecule has 1 atom stereocenters. The molecule has 1 fully saturated rings. The van der Waals surface area contributed by atoms with Crippen LogP contribution in [0.5, 0.6) is 11.5 Å². The summed E-state index contributed by atoms with van der Waals surface area (Å²) in [6.45, 7) is 1.32. The topological polar surface area (TPSA) is 73.7 Å². The number of aryl methyl sites for hydroxylation is 1. The molecule has 0 spiro atoms. The monoisotopic (exact) mass is 411 g/mol. The molecular weight excluding hydrogens is 390 g/mol. The summed E-state index contributed by atoms with van der Waals surface area (Å²) in [5.74, 6) is 1.04. The summed E-state index contributed by atoms with van der Waals surface area (Å²) in [5.41, 5.74) is 0.736. The molecule has 0 N–H and O–H groups in total. The third-order valence-corrected chi connectivity index (χ3v) is 7.27. The minimum Gasteiger partial charge on any atom is -0.486 e. The van der Waals surface area contributed by atoms with Crippen LogP contribution >= 0.6 is 11.6 Å². The van der Waals surface area contributed by atoms with Crippen molar-refractivity contribution in [1.29, 1.82) is 0 Å². The van der Waals surface area contributed by atoms with Crippen molar-refractivity contribution in [2.75, 3.05) is 19.8 Å². The average Bonchev–Trinajstić information content (AvgIpc) is 2.86. The smallest absolute Gasteiger partial charge is 0.243 e. The highest BCUT2D eigenvalue weighted by atomic mass is 35.5. The Morgan fingerprint density at radius 3 is 2.67 bits per heavy atom. The molecule has 27 heavy (non-hydrogen) atoms. The van der Waals surface area contributed by atoms with Gasteiger partial charge in [-0.25, -0.2) is 8.42 Å². The molecule has 2 aliphatic rings. The quantitative estimate of drug-likeness (QED) is 0.775. The highest BCUT2D eigenvalue weighted by Gasteiger charge is 2.36. The molecule has 7 nitrogen and oxygen atoms in total. The van der Waals surface area contributed by atoms with Gasteiger partial charge in [-0.2, -0.15) is 9.40 Å². The summed E-state index contributed by atoms with van der Waals surface area (Å²) in [4.78, 5) is 0.206. The summed E-state index contributed by atoms with van der Waals surface area (Å²) < 4.78 is 41.3. The third-order valence-electron chi connectivity index (χ3n) is 5.08. The van der Waals surface area contributed by atoms with Crippen LogP contribution < -0.4 is 9.47 Å². The molecule has 1 aromatic heterocycles.